The van der Waals surface area contributed by atoms with Crippen molar-refractivity contribution in [3.63, 3.8) is 0 Å². The predicted molar refractivity (Wildman–Crippen MR) is 71.1 cm³/mol. The van der Waals surface area contributed by atoms with Gasteiger partial charge in [0.15, 0.2) is 0 Å². The molecule has 1 aromatic rings. The molecule has 0 fully saturated rings. The van der Waals surface area contributed by atoms with Crippen molar-refractivity contribution < 1.29 is 9.00 Å². The van der Waals surface area contributed by atoms with Crippen LogP contribution in [0.1, 0.15) is 18.4 Å². The quantitative estimate of drug-likeness (QED) is 0.802. The summed E-state index contributed by atoms with van der Waals surface area (Å²) in [7, 11) is -0.834. The van der Waals surface area contributed by atoms with Crippen LogP contribution in [0.15, 0.2) is 24.3 Å². The summed E-state index contributed by atoms with van der Waals surface area (Å²) >= 11 is 0. The highest BCUT2D eigenvalue weighted by atomic mass is 32.2. The first-order chi connectivity index (χ1) is 8.13. The Morgan fingerprint density at radius 3 is 2.76 bits per heavy atom. The Morgan fingerprint density at radius 1 is 1.41 bits per heavy atom. The molecule has 0 aliphatic carbocycles. The van der Waals surface area contributed by atoms with E-state index in [1.807, 2.05) is 24.3 Å². The number of nitrogens with one attached hydrogen (secondary N) is 1. The van der Waals surface area contributed by atoms with Crippen molar-refractivity contribution in [3.8, 4) is 0 Å². The Labute approximate surface area is 104 Å². The molecule has 0 aromatic heterocycles. The van der Waals surface area contributed by atoms with E-state index in [4.69, 9.17) is 5.73 Å². The van der Waals surface area contributed by atoms with Crippen molar-refractivity contribution >= 4 is 22.4 Å². The lowest BCUT2D eigenvalue weighted by Gasteiger charge is -2.09. The van der Waals surface area contributed by atoms with E-state index in [0.717, 1.165) is 11.3 Å². The number of carbonyl (C=O) groups excluding carboxylic acids is 1. The molecular formula is C12H18N2O2S. The van der Waals surface area contributed by atoms with E-state index in [0.29, 0.717) is 25.1 Å². The van der Waals surface area contributed by atoms with Gasteiger partial charge in [-0.1, -0.05) is 18.2 Å². The van der Waals surface area contributed by atoms with E-state index in [1.165, 1.54) is 0 Å². The van der Waals surface area contributed by atoms with Crippen LogP contribution in [-0.2, 0) is 22.1 Å². The van der Waals surface area contributed by atoms with Gasteiger partial charge in [0.2, 0.25) is 5.91 Å². The lowest BCUT2D eigenvalue weighted by atomic mass is 10.1. The van der Waals surface area contributed by atoms with Crippen molar-refractivity contribution in [2.45, 2.75) is 19.4 Å². The van der Waals surface area contributed by atoms with Gasteiger partial charge in [-0.15, -0.1) is 0 Å². The third-order valence-corrected chi connectivity index (χ3v) is 3.21. The van der Waals surface area contributed by atoms with E-state index in [1.54, 1.807) is 6.26 Å². The zero-order valence-corrected chi connectivity index (χ0v) is 10.8. The Bertz CT molecular complexity index is 407. The SMILES string of the molecule is CS(=O)CCCC(=O)Nc1ccccc1CN. The van der Waals surface area contributed by atoms with Crippen LogP contribution in [-0.4, -0.2) is 22.1 Å². The van der Waals surface area contributed by atoms with Gasteiger partial charge in [0.1, 0.15) is 0 Å². The molecule has 1 atom stereocenters. The maximum Gasteiger partial charge on any atom is 0.224 e. The van der Waals surface area contributed by atoms with E-state index >= 15 is 0 Å². The van der Waals surface area contributed by atoms with Crippen LogP contribution in [0.3, 0.4) is 0 Å². The number of para-hydroxylation sites is 1. The average Bonchev–Trinajstić information content (AvgIpc) is 2.29. The van der Waals surface area contributed by atoms with Gasteiger partial charge in [-0.2, -0.15) is 0 Å². The van der Waals surface area contributed by atoms with Gasteiger partial charge in [-0.05, 0) is 18.1 Å². The maximum atomic E-state index is 11.6. The Morgan fingerprint density at radius 2 is 2.12 bits per heavy atom. The first kappa shape index (κ1) is 13.9. The third kappa shape index (κ3) is 5.10. The average molecular weight is 254 g/mol. The molecule has 1 amide bonds. The number of rotatable bonds is 6. The molecule has 0 saturated carbocycles. The molecular weight excluding hydrogens is 236 g/mol. The smallest absolute Gasteiger partial charge is 0.224 e. The zero-order valence-electron chi connectivity index (χ0n) is 9.94. The fourth-order valence-electron chi connectivity index (χ4n) is 1.47. The van der Waals surface area contributed by atoms with Crippen molar-refractivity contribution in [1.29, 1.82) is 0 Å². The van der Waals surface area contributed by atoms with Gasteiger partial charge in [0, 0.05) is 41.5 Å². The third-order valence-electron chi connectivity index (χ3n) is 2.35. The summed E-state index contributed by atoms with van der Waals surface area (Å²) in [4.78, 5) is 11.6. The fourth-order valence-corrected chi connectivity index (χ4v) is 2.02. The minimum atomic E-state index is -0.834. The van der Waals surface area contributed by atoms with Crippen LogP contribution in [0.25, 0.3) is 0 Å². The van der Waals surface area contributed by atoms with Gasteiger partial charge in [0.25, 0.3) is 0 Å². The van der Waals surface area contributed by atoms with E-state index in [-0.39, 0.29) is 5.91 Å². The van der Waals surface area contributed by atoms with Crippen molar-refractivity contribution in [2.24, 2.45) is 5.73 Å². The molecule has 1 rings (SSSR count). The molecule has 0 radical (unpaired) electrons. The summed E-state index contributed by atoms with van der Waals surface area (Å²) in [6.45, 7) is 0.398. The molecule has 1 aromatic carbocycles. The van der Waals surface area contributed by atoms with Crippen LogP contribution in [0.2, 0.25) is 0 Å². The molecule has 0 saturated heterocycles. The molecule has 0 spiro atoms. The summed E-state index contributed by atoms with van der Waals surface area (Å²) in [6, 6.07) is 7.46. The molecule has 3 N–H and O–H groups in total. The number of anilines is 1. The van der Waals surface area contributed by atoms with Crippen LogP contribution in [0.5, 0.6) is 0 Å². The maximum absolute atomic E-state index is 11.6. The Balaban J connectivity index is 2.47. The molecule has 0 aliphatic rings. The molecule has 0 heterocycles. The second kappa shape index (κ2) is 7.19. The van der Waals surface area contributed by atoms with Crippen LogP contribution in [0.4, 0.5) is 5.69 Å². The monoisotopic (exact) mass is 254 g/mol. The minimum Gasteiger partial charge on any atom is -0.326 e. The molecule has 4 nitrogen and oxygen atoms in total. The van der Waals surface area contributed by atoms with Gasteiger partial charge in [0.05, 0.1) is 0 Å². The van der Waals surface area contributed by atoms with E-state index < -0.39 is 10.8 Å². The molecule has 0 bridgehead atoms. The topological polar surface area (TPSA) is 72.2 Å². The number of amides is 1. The number of benzene rings is 1. The molecule has 17 heavy (non-hydrogen) atoms. The fraction of sp³-hybridized carbons (Fsp3) is 0.417. The largest absolute Gasteiger partial charge is 0.326 e. The number of nitrogens with two attached hydrogens (primary N) is 1. The zero-order chi connectivity index (χ0) is 12.7. The first-order valence-electron chi connectivity index (χ1n) is 5.51. The Hall–Kier alpha value is -1.20. The van der Waals surface area contributed by atoms with Crippen LogP contribution >= 0.6 is 0 Å². The summed E-state index contributed by atoms with van der Waals surface area (Å²) in [5.74, 6) is 0.503. The highest BCUT2D eigenvalue weighted by Crippen LogP contribution is 2.14. The van der Waals surface area contributed by atoms with E-state index in [9.17, 15) is 9.00 Å². The van der Waals surface area contributed by atoms with Crippen LogP contribution < -0.4 is 11.1 Å². The van der Waals surface area contributed by atoms with Crippen molar-refractivity contribution in [1.82, 2.24) is 0 Å². The molecule has 0 aliphatic heterocycles. The minimum absolute atomic E-state index is 0.0589. The first-order valence-corrected chi connectivity index (χ1v) is 7.24. The van der Waals surface area contributed by atoms with Gasteiger partial charge in [-0.25, -0.2) is 0 Å². The summed E-state index contributed by atoms with van der Waals surface area (Å²) in [5.41, 5.74) is 7.25. The highest BCUT2D eigenvalue weighted by molar-refractivity contribution is 7.84. The second-order valence-electron chi connectivity index (χ2n) is 3.79. The van der Waals surface area contributed by atoms with Gasteiger partial charge in [-0.3, -0.25) is 9.00 Å². The normalized spacial score (nSPS) is 12.1. The summed E-state index contributed by atoms with van der Waals surface area (Å²) in [5, 5.41) is 2.82. The van der Waals surface area contributed by atoms with E-state index in [2.05, 4.69) is 5.32 Å². The van der Waals surface area contributed by atoms with Gasteiger partial charge >= 0.3 is 0 Å². The summed E-state index contributed by atoms with van der Waals surface area (Å²) < 4.78 is 10.8. The predicted octanol–water partition coefficient (Wildman–Crippen LogP) is 1.24. The molecule has 94 valence electrons. The van der Waals surface area contributed by atoms with Crippen LogP contribution in [0, 0.1) is 0 Å². The number of carbonyl (C=O) groups is 1. The standard InChI is InChI=1S/C12H18N2O2S/c1-17(16)8-4-7-12(15)14-11-6-3-2-5-10(11)9-13/h2-3,5-6H,4,7-9,13H2,1H3,(H,14,15). The lowest BCUT2D eigenvalue weighted by Crippen LogP contribution is -2.14. The second-order valence-corrected chi connectivity index (χ2v) is 5.34. The number of hydrogen-bond donors (Lipinski definition) is 2. The van der Waals surface area contributed by atoms with Crippen molar-refractivity contribution in [2.75, 3.05) is 17.3 Å². The lowest BCUT2D eigenvalue weighted by molar-refractivity contribution is -0.116. The molecule has 1 unspecified atom stereocenters. The number of hydrogen-bond acceptors (Lipinski definition) is 3. The highest BCUT2D eigenvalue weighted by Gasteiger charge is 2.05. The molecule has 5 heteroatoms. The Kier molecular flexibility index (Phi) is 5.86. The van der Waals surface area contributed by atoms with Gasteiger partial charge < -0.3 is 11.1 Å². The van der Waals surface area contributed by atoms with Crippen molar-refractivity contribution in [3.05, 3.63) is 29.8 Å². The summed E-state index contributed by atoms with van der Waals surface area (Å²) in [6.07, 6.45) is 2.67.